The standard InChI is InChI=1S/C15H18BrNO4/c1-10-12(3-2-4-13(10)16)15(20)17(9-14(18)19)11-5-7-21-8-6-11/h2-4,11H,5-9H2,1H3,(H,18,19). The normalized spacial score (nSPS) is 15.7. The van der Waals surface area contributed by atoms with E-state index in [2.05, 4.69) is 15.9 Å². The summed E-state index contributed by atoms with van der Waals surface area (Å²) >= 11 is 3.40. The van der Waals surface area contributed by atoms with E-state index < -0.39 is 5.97 Å². The van der Waals surface area contributed by atoms with Crippen molar-refractivity contribution in [1.82, 2.24) is 4.90 Å². The zero-order valence-electron chi connectivity index (χ0n) is 11.8. The molecule has 0 radical (unpaired) electrons. The summed E-state index contributed by atoms with van der Waals surface area (Å²) in [4.78, 5) is 25.3. The zero-order chi connectivity index (χ0) is 15.4. The molecule has 1 aliphatic rings. The van der Waals surface area contributed by atoms with Crippen molar-refractivity contribution in [3.05, 3.63) is 33.8 Å². The summed E-state index contributed by atoms with van der Waals surface area (Å²) in [6, 6.07) is 5.30. The molecule has 1 aromatic rings. The number of nitrogens with zero attached hydrogens (tertiary/aromatic N) is 1. The lowest BCUT2D eigenvalue weighted by molar-refractivity contribution is -0.138. The third-order valence-corrected chi connectivity index (χ3v) is 4.56. The van der Waals surface area contributed by atoms with Gasteiger partial charge in [0.2, 0.25) is 0 Å². The molecule has 0 aromatic heterocycles. The van der Waals surface area contributed by atoms with Crippen LogP contribution in [0.4, 0.5) is 0 Å². The number of carboxylic acid groups (broad SMARTS) is 1. The lowest BCUT2D eigenvalue weighted by atomic mass is 10.0. The van der Waals surface area contributed by atoms with Crippen LogP contribution in [-0.2, 0) is 9.53 Å². The van der Waals surface area contributed by atoms with Gasteiger partial charge >= 0.3 is 5.97 Å². The van der Waals surface area contributed by atoms with Crippen LogP contribution in [0.15, 0.2) is 22.7 Å². The fourth-order valence-corrected chi connectivity index (χ4v) is 2.87. The average molecular weight is 356 g/mol. The van der Waals surface area contributed by atoms with Crippen LogP contribution in [0, 0.1) is 6.92 Å². The fraction of sp³-hybridized carbons (Fsp3) is 0.467. The van der Waals surface area contributed by atoms with Gasteiger partial charge in [0.1, 0.15) is 6.54 Å². The molecule has 1 amide bonds. The van der Waals surface area contributed by atoms with Crippen LogP contribution in [-0.4, -0.2) is 47.7 Å². The maximum atomic E-state index is 12.8. The van der Waals surface area contributed by atoms with Gasteiger partial charge in [0.15, 0.2) is 0 Å². The first-order valence-electron chi connectivity index (χ1n) is 6.86. The second kappa shape index (κ2) is 7.04. The van der Waals surface area contributed by atoms with Gasteiger partial charge in [-0.2, -0.15) is 0 Å². The first-order chi connectivity index (χ1) is 10.0. The van der Waals surface area contributed by atoms with Gasteiger partial charge < -0.3 is 14.7 Å². The molecule has 0 atom stereocenters. The minimum Gasteiger partial charge on any atom is -0.480 e. The van der Waals surface area contributed by atoms with Gasteiger partial charge in [-0.05, 0) is 37.5 Å². The Hall–Kier alpha value is -1.40. The molecular weight excluding hydrogens is 338 g/mol. The number of benzene rings is 1. The summed E-state index contributed by atoms with van der Waals surface area (Å²) in [7, 11) is 0. The summed E-state index contributed by atoms with van der Waals surface area (Å²) in [5.41, 5.74) is 1.36. The first-order valence-corrected chi connectivity index (χ1v) is 7.65. The summed E-state index contributed by atoms with van der Waals surface area (Å²) in [6.45, 7) is 2.69. The van der Waals surface area contributed by atoms with Crippen LogP contribution in [0.2, 0.25) is 0 Å². The Balaban J connectivity index is 2.28. The molecule has 6 heteroatoms. The van der Waals surface area contributed by atoms with Crippen LogP contribution in [0.3, 0.4) is 0 Å². The van der Waals surface area contributed by atoms with E-state index in [1.807, 2.05) is 13.0 Å². The van der Waals surface area contributed by atoms with Crippen molar-refractivity contribution in [2.45, 2.75) is 25.8 Å². The smallest absolute Gasteiger partial charge is 0.323 e. The number of halogens is 1. The molecule has 1 N–H and O–H groups in total. The molecule has 0 unspecified atom stereocenters. The molecule has 0 spiro atoms. The fourth-order valence-electron chi connectivity index (χ4n) is 2.50. The van der Waals surface area contributed by atoms with Gasteiger partial charge in [-0.25, -0.2) is 0 Å². The van der Waals surface area contributed by atoms with Gasteiger partial charge in [0.05, 0.1) is 0 Å². The highest BCUT2D eigenvalue weighted by Crippen LogP contribution is 2.23. The molecule has 5 nitrogen and oxygen atoms in total. The number of rotatable bonds is 4. The van der Waals surface area contributed by atoms with Crippen LogP contribution >= 0.6 is 15.9 Å². The first kappa shape index (κ1) is 16.0. The SMILES string of the molecule is Cc1c(Br)cccc1C(=O)N(CC(=O)O)C1CCOCC1. The van der Waals surface area contributed by atoms with Crippen molar-refractivity contribution >= 4 is 27.8 Å². The number of amides is 1. The lowest BCUT2D eigenvalue weighted by Gasteiger charge is -2.33. The Morgan fingerprint density at radius 3 is 2.67 bits per heavy atom. The largest absolute Gasteiger partial charge is 0.480 e. The predicted octanol–water partition coefficient (Wildman–Crippen LogP) is 2.46. The molecule has 0 aliphatic carbocycles. The van der Waals surface area contributed by atoms with E-state index in [1.54, 1.807) is 12.1 Å². The second-order valence-electron chi connectivity index (χ2n) is 5.08. The quantitative estimate of drug-likeness (QED) is 0.900. The highest BCUT2D eigenvalue weighted by molar-refractivity contribution is 9.10. The molecule has 1 saturated heterocycles. The van der Waals surface area contributed by atoms with Gasteiger partial charge in [0.25, 0.3) is 5.91 Å². The highest BCUT2D eigenvalue weighted by Gasteiger charge is 2.29. The Morgan fingerprint density at radius 1 is 1.38 bits per heavy atom. The third-order valence-electron chi connectivity index (χ3n) is 3.70. The molecule has 1 aromatic carbocycles. The van der Waals surface area contributed by atoms with E-state index in [0.29, 0.717) is 31.6 Å². The Kier molecular flexibility index (Phi) is 5.36. The highest BCUT2D eigenvalue weighted by atomic mass is 79.9. The Bertz CT molecular complexity index is 540. The maximum absolute atomic E-state index is 12.8. The van der Waals surface area contributed by atoms with E-state index >= 15 is 0 Å². The van der Waals surface area contributed by atoms with E-state index in [9.17, 15) is 9.59 Å². The molecule has 1 fully saturated rings. The van der Waals surface area contributed by atoms with Gasteiger partial charge in [-0.3, -0.25) is 9.59 Å². The summed E-state index contributed by atoms with van der Waals surface area (Å²) < 4.78 is 6.13. The van der Waals surface area contributed by atoms with Crippen LogP contribution in [0.1, 0.15) is 28.8 Å². The number of ether oxygens (including phenoxy) is 1. The average Bonchev–Trinajstić information content (AvgIpc) is 2.48. The van der Waals surface area contributed by atoms with Crippen LogP contribution in [0.25, 0.3) is 0 Å². The monoisotopic (exact) mass is 355 g/mol. The zero-order valence-corrected chi connectivity index (χ0v) is 13.4. The van der Waals surface area contributed by atoms with Gasteiger partial charge in [-0.1, -0.05) is 22.0 Å². The summed E-state index contributed by atoms with van der Waals surface area (Å²) in [5, 5.41) is 9.10. The van der Waals surface area contributed by atoms with E-state index in [0.717, 1.165) is 10.0 Å². The second-order valence-corrected chi connectivity index (χ2v) is 5.94. The van der Waals surface area contributed by atoms with Crippen molar-refractivity contribution < 1.29 is 19.4 Å². The van der Waals surface area contributed by atoms with Crippen LogP contribution < -0.4 is 0 Å². The maximum Gasteiger partial charge on any atom is 0.323 e. The Labute approximate surface area is 132 Å². The minimum atomic E-state index is -0.998. The van der Waals surface area contributed by atoms with Gasteiger partial charge in [-0.15, -0.1) is 0 Å². The summed E-state index contributed by atoms with van der Waals surface area (Å²) in [5.74, 6) is -1.23. The molecule has 114 valence electrons. The molecule has 0 saturated carbocycles. The van der Waals surface area contributed by atoms with Crippen molar-refractivity contribution in [1.29, 1.82) is 0 Å². The number of hydrogen-bond donors (Lipinski definition) is 1. The summed E-state index contributed by atoms with van der Waals surface area (Å²) in [6.07, 6.45) is 1.35. The number of aliphatic carboxylic acids is 1. The number of carboxylic acids is 1. The predicted molar refractivity (Wildman–Crippen MR) is 81.4 cm³/mol. The van der Waals surface area contributed by atoms with E-state index in [1.165, 1.54) is 4.90 Å². The van der Waals surface area contributed by atoms with E-state index in [-0.39, 0.29) is 18.5 Å². The molecule has 21 heavy (non-hydrogen) atoms. The number of carbonyl (C=O) groups is 2. The Morgan fingerprint density at radius 2 is 2.05 bits per heavy atom. The molecular formula is C15H18BrNO4. The third kappa shape index (κ3) is 3.83. The van der Waals surface area contributed by atoms with Crippen molar-refractivity contribution in [2.24, 2.45) is 0 Å². The molecule has 2 rings (SSSR count). The minimum absolute atomic E-state index is 0.0827. The van der Waals surface area contributed by atoms with E-state index in [4.69, 9.17) is 9.84 Å². The van der Waals surface area contributed by atoms with Gasteiger partial charge in [0, 0.05) is 29.3 Å². The van der Waals surface area contributed by atoms with Crippen molar-refractivity contribution in [2.75, 3.05) is 19.8 Å². The van der Waals surface area contributed by atoms with Crippen molar-refractivity contribution in [3.8, 4) is 0 Å². The molecule has 1 heterocycles. The molecule has 1 aliphatic heterocycles. The topological polar surface area (TPSA) is 66.8 Å². The number of hydrogen-bond acceptors (Lipinski definition) is 3. The van der Waals surface area contributed by atoms with Crippen LogP contribution in [0.5, 0.6) is 0 Å². The lowest BCUT2D eigenvalue weighted by Crippen LogP contribution is -2.46. The number of carbonyl (C=O) groups excluding carboxylic acids is 1. The molecule has 0 bridgehead atoms. The van der Waals surface area contributed by atoms with Crippen molar-refractivity contribution in [3.63, 3.8) is 0 Å².